The number of aliphatic hydroxyl groups is 1. The van der Waals surface area contributed by atoms with Crippen molar-refractivity contribution in [2.24, 2.45) is 0 Å². The fourth-order valence-corrected chi connectivity index (χ4v) is 1.70. The summed E-state index contributed by atoms with van der Waals surface area (Å²) in [4.78, 5) is 10.1. The lowest BCUT2D eigenvalue weighted by Crippen LogP contribution is -2.22. The summed E-state index contributed by atoms with van der Waals surface area (Å²) in [6, 6.07) is 11.0. The van der Waals surface area contributed by atoms with E-state index in [4.69, 9.17) is 10.4 Å². The Kier molecular flexibility index (Phi) is 4.47. The molecule has 0 unspecified atom stereocenters. The van der Waals surface area contributed by atoms with Crippen LogP contribution in [0.1, 0.15) is 5.56 Å². The van der Waals surface area contributed by atoms with Gasteiger partial charge in [-0.1, -0.05) is 6.07 Å². The van der Waals surface area contributed by atoms with Crippen molar-refractivity contribution in [2.75, 3.05) is 30.4 Å². The molecule has 0 bridgehead atoms. The van der Waals surface area contributed by atoms with Crippen LogP contribution in [0.4, 0.5) is 17.3 Å². The lowest BCUT2D eigenvalue weighted by molar-refractivity contribution is 0.304. The van der Waals surface area contributed by atoms with Crippen LogP contribution in [0.25, 0.3) is 0 Å². The van der Waals surface area contributed by atoms with Gasteiger partial charge < -0.3 is 15.3 Å². The number of anilines is 3. The number of nitrogens with one attached hydrogen (secondary N) is 1. The van der Waals surface area contributed by atoms with E-state index in [2.05, 4.69) is 21.4 Å². The number of hydrogen-bond acceptors (Lipinski definition) is 6. The zero-order valence-corrected chi connectivity index (χ0v) is 11.1. The van der Waals surface area contributed by atoms with E-state index in [-0.39, 0.29) is 6.61 Å². The topological polar surface area (TPSA) is 85.1 Å². The van der Waals surface area contributed by atoms with Crippen LogP contribution in [0.15, 0.2) is 36.7 Å². The average Bonchev–Trinajstić information content (AvgIpc) is 2.48. The zero-order valence-electron chi connectivity index (χ0n) is 11.1. The van der Waals surface area contributed by atoms with Crippen molar-refractivity contribution in [1.29, 1.82) is 5.26 Å². The number of hydrogen-bond donors (Lipinski definition) is 2. The van der Waals surface area contributed by atoms with E-state index < -0.39 is 0 Å². The molecular formula is C14H15N5O. The molecule has 2 N–H and O–H groups in total. The molecule has 1 heterocycles. The first-order chi connectivity index (χ1) is 9.72. The molecule has 102 valence electrons. The van der Waals surface area contributed by atoms with Gasteiger partial charge in [0.05, 0.1) is 18.2 Å². The third kappa shape index (κ3) is 3.43. The van der Waals surface area contributed by atoms with E-state index >= 15 is 0 Å². The molecule has 1 aromatic carbocycles. The van der Waals surface area contributed by atoms with Crippen LogP contribution < -0.4 is 10.2 Å². The van der Waals surface area contributed by atoms with Crippen molar-refractivity contribution in [1.82, 2.24) is 9.97 Å². The van der Waals surface area contributed by atoms with Crippen LogP contribution in [-0.4, -0.2) is 35.3 Å². The minimum atomic E-state index is 0.0630. The summed E-state index contributed by atoms with van der Waals surface area (Å²) in [5.74, 6) is 1.35. The highest BCUT2D eigenvalue weighted by Crippen LogP contribution is 2.18. The SMILES string of the molecule is CN(CCO)c1cc(Nc2cccc(C#N)c2)ncn1. The number of likely N-dealkylation sites (N-methyl/N-ethyl adjacent to an activating group) is 1. The third-order valence-corrected chi connectivity index (χ3v) is 2.74. The van der Waals surface area contributed by atoms with E-state index in [9.17, 15) is 0 Å². The number of benzene rings is 1. The van der Waals surface area contributed by atoms with Gasteiger partial charge in [-0.3, -0.25) is 0 Å². The quantitative estimate of drug-likeness (QED) is 0.856. The predicted octanol–water partition coefficient (Wildman–Crippen LogP) is 1.52. The van der Waals surface area contributed by atoms with E-state index in [1.807, 2.05) is 18.0 Å². The Balaban J connectivity index is 2.17. The van der Waals surface area contributed by atoms with Gasteiger partial charge in [0, 0.05) is 25.3 Å². The maximum Gasteiger partial charge on any atom is 0.135 e. The Bertz CT molecular complexity index is 623. The summed E-state index contributed by atoms with van der Waals surface area (Å²) in [5, 5.41) is 20.9. The Morgan fingerprint density at radius 2 is 2.20 bits per heavy atom. The Labute approximate surface area is 117 Å². The second-order valence-electron chi connectivity index (χ2n) is 4.22. The third-order valence-electron chi connectivity index (χ3n) is 2.74. The van der Waals surface area contributed by atoms with Crippen molar-refractivity contribution in [3.05, 3.63) is 42.2 Å². The van der Waals surface area contributed by atoms with Gasteiger partial charge in [0.1, 0.15) is 18.0 Å². The number of aromatic nitrogens is 2. The van der Waals surface area contributed by atoms with Gasteiger partial charge >= 0.3 is 0 Å². The average molecular weight is 269 g/mol. The van der Waals surface area contributed by atoms with Crippen molar-refractivity contribution in [2.45, 2.75) is 0 Å². The molecule has 0 radical (unpaired) electrons. The Hall–Kier alpha value is -2.65. The fourth-order valence-electron chi connectivity index (χ4n) is 1.70. The first kappa shape index (κ1) is 13.8. The molecule has 20 heavy (non-hydrogen) atoms. The van der Waals surface area contributed by atoms with Gasteiger partial charge in [-0.05, 0) is 18.2 Å². The summed E-state index contributed by atoms with van der Waals surface area (Å²) in [7, 11) is 1.85. The normalized spacial score (nSPS) is 9.85. The maximum absolute atomic E-state index is 8.93. The van der Waals surface area contributed by atoms with E-state index in [0.717, 1.165) is 5.69 Å². The monoisotopic (exact) mass is 269 g/mol. The molecule has 0 aliphatic heterocycles. The number of nitriles is 1. The lowest BCUT2D eigenvalue weighted by atomic mass is 10.2. The summed E-state index contributed by atoms with van der Waals surface area (Å²) < 4.78 is 0. The van der Waals surface area contributed by atoms with Gasteiger partial charge in [0.15, 0.2) is 0 Å². The van der Waals surface area contributed by atoms with Crippen LogP contribution in [0.3, 0.4) is 0 Å². The van der Waals surface area contributed by atoms with Gasteiger partial charge in [-0.25, -0.2) is 9.97 Å². The molecular weight excluding hydrogens is 254 g/mol. The molecule has 0 aliphatic rings. The minimum absolute atomic E-state index is 0.0630. The summed E-state index contributed by atoms with van der Waals surface area (Å²) in [5.41, 5.74) is 1.38. The highest BCUT2D eigenvalue weighted by Gasteiger charge is 2.04. The fraction of sp³-hybridized carbons (Fsp3) is 0.214. The second kappa shape index (κ2) is 6.50. The predicted molar refractivity (Wildman–Crippen MR) is 76.8 cm³/mol. The molecule has 0 fully saturated rings. The van der Waals surface area contributed by atoms with Crippen molar-refractivity contribution < 1.29 is 5.11 Å². The molecule has 1 aromatic heterocycles. The maximum atomic E-state index is 8.93. The molecule has 6 nitrogen and oxygen atoms in total. The molecule has 0 saturated carbocycles. The van der Waals surface area contributed by atoms with Gasteiger partial charge in [-0.2, -0.15) is 5.26 Å². The van der Waals surface area contributed by atoms with E-state index in [1.54, 1.807) is 24.3 Å². The summed E-state index contributed by atoms with van der Waals surface area (Å²) in [6.45, 7) is 0.563. The number of aliphatic hydroxyl groups excluding tert-OH is 1. The van der Waals surface area contributed by atoms with Crippen molar-refractivity contribution >= 4 is 17.3 Å². The molecule has 2 aromatic rings. The highest BCUT2D eigenvalue weighted by atomic mass is 16.3. The van der Waals surface area contributed by atoms with Crippen molar-refractivity contribution in [3.8, 4) is 6.07 Å². The van der Waals surface area contributed by atoms with Gasteiger partial charge in [0.25, 0.3) is 0 Å². The van der Waals surface area contributed by atoms with Crippen LogP contribution in [-0.2, 0) is 0 Å². The molecule has 0 spiro atoms. The van der Waals surface area contributed by atoms with Gasteiger partial charge in [-0.15, -0.1) is 0 Å². The largest absolute Gasteiger partial charge is 0.395 e. The molecule has 0 saturated heterocycles. The molecule has 0 amide bonds. The molecule has 2 rings (SSSR count). The molecule has 0 aliphatic carbocycles. The van der Waals surface area contributed by atoms with Crippen molar-refractivity contribution in [3.63, 3.8) is 0 Å². The van der Waals surface area contributed by atoms with Crippen LogP contribution >= 0.6 is 0 Å². The zero-order chi connectivity index (χ0) is 14.4. The van der Waals surface area contributed by atoms with Crippen LogP contribution in [0.5, 0.6) is 0 Å². The van der Waals surface area contributed by atoms with E-state index in [0.29, 0.717) is 23.7 Å². The summed E-state index contributed by atoms with van der Waals surface area (Å²) in [6.07, 6.45) is 1.46. The standard InChI is InChI=1S/C14H15N5O/c1-19(5-6-20)14-8-13(16-10-17-14)18-12-4-2-3-11(7-12)9-15/h2-4,7-8,10,20H,5-6H2,1H3,(H,16,17,18). The number of nitrogens with zero attached hydrogens (tertiary/aromatic N) is 4. The first-order valence-corrected chi connectivity index (χ1v) is 6.14. The lowest BCUT2D eigenvalue weighted by Gasteiger charge is -2.17. The van der Waals surface area contributed by atoms with Gasteiger partial charge in [0.2, 0.25) is 0 Å². The number of rotatable bonds is 5. The highest BCUT2D eigenvalue weighted by molar-refractivity contribution is 5.60. The smallest absolute Gasteiger partial charge is 0.135 e. The van der Waals surface area contributed by atoms with Crippen LogP contribution in [0.2, 0.25) is 0 Å². The van der Waals surface area contributed by atoms with Crippen LogP contribution in [0, 0.1) is 11.3 Å². The summed E-state index contributed by atoms with van der Waals surface area (Å²) >= 11 is 0. The first-order valence-electron chi connectivity index (χ1n) is 6.14. The van der Waals surface area contributed by atoms with E-state index in [1.165, 1.54) is 6.33 Å². The second-order valence-corrected chi connectivity index (χ2v) is 4.22. The Morgan fingerprint density at radius 3 is 2.95 bits per heavy atom. The molecule has 6 heteroatoms. The minimum Gasteiger partial charge on any atom is -0.395 e. The Morgan fingerprint density at radius 1 is 1.35 bits per heavy atom. The molecule has 0 atom stereocenters.